The third-order valence-corrected chi connectivity index (χ3v) is 3.93. The summed E-state index contributed by atoms with van der Waals surface area (Å²) in [7, 11) is 1.29. The van der Waals surface area contributed by atoms with Crippen LogP contribution in [0.1, 0.15) is 41.4 Å². The first-order valence-electron chi connectivity index (χ1n) is 8.73. The Labute approximate surface area is 164 Å². The molecule has 29 heavy (non-hydrogen) atoms. The largest absolute Gasteiger partial charge is 0.435 e. The van der Waals surface area contributed by atoms with Gasteiger partial charge in [0.05, 0.1) is 11.4 Å². The first-order valence-corrected chi connectivity index (χ1v) is 8.73. The molecule has 0 fully saturated rings. The molecule has 0 radical (unpaired) electrons. The summed E-state index contributed by atoms with van der Waals surface area (Å²) in [6.45, 7) is 7.16. The standard InChI is InChI=1S/C17H14F4N4O2.C2H6/c1-8-15(9(2)27-24-8)16(26)22-10-4-5-11(12(18)6-10)13-7-14(17(19,20)21)23-25(13)3;1-2/h4-7H,1-3H3,(H,22,26);1-2H3. The summed E-state index contributed by atoms with van der Waals surface area (Å²) in [5.41, 5.74) is -0.466. The van der Waals surface area contributed by atoms with Crippen molar-refractivity contribution in [1.29, 1.82) is 0 Å². The Balaban J connectivity index is 0.00000145. The summed E-state index contributed by atoms with van der Waals surface area (Å²) in [6.07, 6.45) is -4.63. The molecule has 3 aromatic rings. The summed E-state index contributed by atoms with van der Waals surface area (Å²) >= 11 is 0. The maximum absolute atomic E-state index is 14.5. The van der Waals surface area contributed by atoms with Crippen LogP contribution in [0.2, 0.25) is 0 Å². The van der Waals surface area contributed by atoms with Gasteiger partial charge in [-0.2, -0.15) is 18.3 Å². The van der Waals surface area contributed by atoms with Gasteiger partial charge in [0.1, 0.15) is 17.1 Å². The van der Waals surface area contributed by atoms with Crippen LogP contribution in [0.15, 0.2) is 28.8 Å². The molecule has 0 spiro atoms. The SMILES string of the molecule is CC.Cc1noc(C)c1C(=O)Nc1ccc(-c2cc(C(F)(F)F)nn2C)c(F)c1. The molecule has 0 aliphatic heterocycles. The van der Waals surface area contributed by atoms with E-state index >= 15 is 0 Å². The lowest BCUT2D eigenvalue weighted by molar-refractivity contribution is -0.141. The second-order valence-corrected chi connectivity index (χ2v) is 5.88. The van der Waals surface area contributed by atoms with Gasteiger partial charge in [-0.15, -0.1) is 0 Å². The van der Waals surface area contributed by atoms with E-state index in [1.807, 2.05) is 13.8 Å². The monoisotopic (exact) mass is 412 g/mol. The van der Waals surface area contributed by atoms with E-state index in [2.05, 4.69) is 15.6 Å². The van der Waals surface area contributed by atoms with Gasteiger partial charge in [0.15, 0.2) is 5.69 Å². The highest BCUT2D eigenvalue weighted by atomic mass is 19.4. The van der Waals surface area contributed by atoms with Crippen molar-refractivity contribution in [2.45, 2.75) is 33.9 Å². The van der Waals surface area contributed by atoms with Crippen LogP contribution in [0.25, 0.3) is 11.3 Å². The number of hydrogen-bond acceptors (Lipinski definition) is 4. The second kappa shape index (κ2) is 8.46. The van der Waals surface area contributed by atoms with Gasteiger partial charge in [-0.3, -0.25) is 9.48 Å². The fourth-order valence-electron chi connectivity index (χ4n) is 2.66. The molecule has 0 saturated heterocycles. The van der Waals surface area contributed by atoms with E-state index in [0.717, 1.165) is 16.8 Å². The molecule has 1 N–H and O–H groups in total. The predicted octanol–water partition coefficient (Wildman–Crippen LogP) is 5.13. The molecule has 10 heteroatoms. The molecular formula is C19H20F4N4O2. The van der Waals surface area contributed by atoms with Crippen LogP contribution in [0, 0.1) is 19.7 Å². The molecule has 0 bridgehead atoms. The fraction of sp³-hybridized carbons (Fsp3) is 0.316. The van der Waals surface area contributed by atoms with E-state index in [1.165, 1.54) is 19.2 Å². The van der Waals surface area contributed by atoms with Crippen molar-refractivity contribution in [1.82, 2.24) is 14.9 Å². The number of nitrogens with zero attached hydrogens (tertiary/aromatic N) is 3. The van der Waals surface area contributed by atoms with Gasteiger partial charge in [-0.1, -0.05) is 19.0 Å². The quantitative estimate of drug-likeness (QED) is 0.606. The topological polar surface area (TPSA) is 73.0 Å². The number of amides is 1. The zero-order valence-electron chi connectivity index (χ0n) is 16.5. The van der Waals surface area contributed by atoms with E-state index in [0.29, 0.717) is 11.5 Å². The number of alkyl halides is 3. The van der Waals surface area contributed by atoms with Crippen LogP contribution in [-0.4, -0.2) is 20.8 Å². The number of anilines is 1. The van der Waals surface area contributed by atoms with Crippen LogP contribution in [0.3, 0.4) is 0 Å². The average Bonchev–Trinajstić information content (AvgIpc) is 3.19. The Bertz CT molecular complexity index is 1000. The molecule has 0 aliphatic rings. The zero-order chi connectivity index (χ0) is 21.9. The van der Waals surface area contributed by atoms with Crippen molar-refractivity contribution in [2.24, 2.45) is 7.05 Å². The smallest absolute Gasteiger partial charge is 0.361 e. The van der Waals surface area contributed by atoms with Crippen molar-refractivity contribution in [3.8, 4) is 11.3 Å². The molecule has 156 valence electrons. The van der Waals surface area contributed by atoms with E-state index < -0.39 is 23.6 Å². The van der Waals surface area contributed by atoms with E-state index in [1.54, 1.807) is 13.8 Å². The highest BCUT2D eigenvalue weighted by molar-refractivity contribution is 6.05. The van der Waals surface area contributed by atoms with Gasteiger partial charge in [0.2, 0.25) is 0 Å². The van der Waals surface area contributed by atoms with E-state index in [9.17, 15) is 22.4 Å². The van der Waals surface area contributed by atoms with Gasteiger partial charge in [0.25, 0.3) is 5.91 Å². The number of nitrogens with one attached hydrogen (secondary N) is 1. The van der Waals surface area contributed by atoms with Crippen molar-refractivity contribution in [2.75, 3.05) is 5.32 Å². The van der Waals surface area contributed by atoms with E-state index in [-0.39, 0.29) is 22.5 Å². The molecule has 0 unspecified atom stereocenters. The van der Waals surface area contributed by atoms with Crippen LogP contribution in [0.5, 0.6) is 0 Å². The second-order valence-electron chi connectivity index (χ2n) is 5.88. The number of carbonyl (C=O) groups excluding carboxylic acids is 1. The molecular weight excluding hydrogens is 392 g/mol. The number of carbonyl (C=O) groups is 1. The van der Waals surface area contributed by atoms with Crippen LogP contribution >= 0.6 is 0 Å². The van der Waals surface area contributed by atoms with Gasteiger partial charge in [-0.25, -0.2) is 4.39 Å². The molecule has 1 amide bonds. The van der Waals surface area contributed by atoms with E-state index in [4.69, 9.17) is 4.52 Å². The van der Waals surface area contributed by atoms with Crippen LogP contribution in [0.4, 0.5) is 23.2 Å². The molecule has 2 heterocycles. The van der Waals surface area contributed by atoms with Crippen LogP contribution in [-0.2, 0) is 13.2 Å². The molecule has 0 atom stereocenters. The minimum atomic E-state index is -4.63. The van der Waals surface area contributed by atoms with Gasteiger partial charge in [-0.05, 0) is 38.1 Å². The number of halogens is 4. The third kappa shape index (κ3) is 4.64. The number of rotatable bonds is 3. The summed E-state index contributed by atoms with van der Waals surface area (Å²) < 4.78 is 58.7. The Hall–Kier alpha value is -3.17. The Morgan fingerprint density at radius 2 is 1.83 bits per heavy atom. The van der Waals surface area contributed by atoms with Crippen molar-refractivity contribution in [3.05, 3.63) is 52.8 Å². The Kier molecular flexibility index (Phi) is 6.45. The molecule has 0 aliphatic carbocycles. The summed E-state index contributed by atoms with van der Waals surface area (Å²) in [4.78, 5) is 12.3. The number of benzene rings is 1. The molecule has 2 aromatic heterocycles. The predicted molar refractivity (Wildman–Crippen MR) is 98.9 cm³/mol. The zero-order valence-corrected chi connectivity index (χ0v) is 16.5. The summed E-state index contributed by atoms with van der Waals surface area (Å²) in [5.74, 6) is -1.02. The lowest BCUT2D eigenvalue weighted by atomic mass is 10.1. The van der Waals surface area contributed by atoms with Crippen molar-refractivity contribution in [3.63, 3.8) is 0 Å². The van der Waals surface area contributed by atoms with Crippen molar-refractivity contribution >= 4 is 11.6 Å². The first kappa shape index (κ1) is 22.1. The highest BCUT2D eigenvalue weighted by Crippen LogP contribution is 2.33. The average molecular weight is 412 g/mol. The highest BCUT2D eigenvalue weighted by Gasteiger charge is 2.35. The maximum atomic E-state index is 14.5. The molecule has 3 rings (SSSR count). The van der Waals surface area contributed by atoms with Crippen molar-refractivity contribution < 1.29 is 26.9 Å². The number of aryl methyl sites for hydroxylation is 3. The molecule has 6 nitrogen and oxygen atoms in total. The maximum Gasteiger partial charge on any atom is 0.435 e. The fourth-order valence-corrected chi connectivity index (χ4v) is 2.66. The number of aromatic nitrogens is 3. The van der Waals surface area contributed by atoms with Crippen LogP contribution < -0.4 is 5.32 Å². The van der Waals surface area contributed by atoms with Gasteiger partial charge < -0.3 is 9.84 Å². The Morgan fingerprint density at radius 1 is 1.17 bits per heavy atom. The normalized spacial score (nSPS) is 11.1. The summed E-state index contributed by atoms with van der Waals surface area (Å²) in [6, 6.07) is 4.44. The molecule has 0 saturated carbocycles. The third-order valence-electron chi connectivity index (χ3n) is 3.93. The Morgan fingerprint density at radius 3 is 2.31 bits per heavy atom. The first-order chi connectivity index (χ1) is 13.6. The lowest BCUT2D eigenvalue weighted by Gasteiger charge is -2.08. The lowest BCUT2D eigenvalue weighted by Crippen LogP contribution is -2.13. The number of hydrogen-bond donors (Lipinski definition) is 1. The summed E-state index contributed by atoms with van der Waals surface area (Å²) in [5, 5.41) is 9.54. The van der Waals surface area contributed by atoms with Gasteiger partial charge >= 0.3 is 6.18 Å². The van der Waals surface area contributed by atoms with Gasteiger partial charge in [0, 0.05) is 18.3 Å². The minimum Gasteiger partial charge on any atom is -0.361 e. The minimum absolute atomic E-state index is 0.0385. The molecule has 1 aromatic carbocycles.